The molecule has 1 amide bonds. The van der Waals surface area contributed by atoms with Crippen molar-refractivity contribution in [3.05, 3.63) is 41.5 Å². The van der Waals surface area contributed by atoms with E-state index in [0.717, 1.165) is 18.7 Å². The van der Waals surface area contributed by atoms with Crippen molar-refractivity contribution in [2.45, 2.75) is 44.6 Å². The van der Waals surface area contributed by atoms with Crippen molar-refractivity contribution in [2.75, 3.05) is 18.5 Å². The van der Waals surface area contributed by atoms with Crippen LogP contribution in [0.15, 0.2) is 35.9 Å². The smallest absolute Gasteiger partial charge is 0.228 e. The summed E-state index contributed by atoms with van der Waals surface area (Å²) in [6, 6.07) is 8.38. The lowest BCUT2D eigenvalue weighted by Gasteiger charge is -2.32. The monoisotopic (exact) mass is 284 g/mol. The Bertz CT molecular complexity index is 550. The van der Waals surface area contributed by atoms with Crippen molar-refractivity contribution in [3.8, 4) is 0 Å². The van der Waals surface area contributed by atoms with Crippen LogP contribution in [-0.2, 0) is 4.79 Å². The molecule has 3 rings (SSSR count). The first-order chi connectivity index (χ1) is 10.3. The van der Waals surface area contributed by atoms with E-state index in [-0.39, 0.29) is 11.9 Å². The normalized spacial score (nSPS) is 22.0. The van der Waals surface area contributed by atoms with Gasteiger partial charge in [0.05, 0.1) is 0 Å². The van der Waals surface area contributed by atoms with Crippen LogP contribution in [0.4, 0.5) is 5.69 Å². The van der Waals surface area contributed by atoms with Gasteiger partial charge in [-0.2, -0.15) is 0 Å². The summed E-state index contributed by atoms with van der Waals surface area (Å²) in [5, 5.41) is 3.59. The maximum Gasteiger partial charge on any atom is 0.228 e. The first-order valence-electron chi connectivity index (χ1n) is 8.02. The summed E-state index contributed by atoms with van der Waals surface area (Å²) in [5.41, 5.74) is 3.88. The Morgan fingerprint density at radius 1 is 1.29 bits per heavy atom. The topological polar surface area (TPSA) is 32.3 Å². The van der Waals surface area contributed by atoms with Crippen molar-refractivity contribution < 1.29 is 4.79 Å². The quantitative estimate of drug-likeness (QED) is 0.857. The molecule has 0 saturated heterocycles. The van der Waals surface area contributed by atoms with Gasteiger partial charge in [0, 0.05) is 25.2 Å². The third-order valence-corrected chi connectivity index (χ3v) is 4.65. The Hall–Kier alpha value is -1.61. The van der Waals surface area contributed by atoms with E-state index >= 15 is 0 Å². The SMILES string of the molecule is CN1C(=O)CC(NCCC2=CCCCC2)c2ccccc21. The molecular formula is C18H24N2O. The first-order valence-corrected chi connectivity index (χ1v) is 8.02. The van der Waals surface area contributed by atoms with Crippen molar-refractivity contribution in [2.24, 2.45) is 0 Å². The standard InChI is InChI=1S/C18H24N2O/c1-20-17-10-6-5-9-15(17)16(13-18(20)21)19-12-11-14-7-3-2-4-8-14/h5-7,9-10,16,19H,2-4,8,11-13H2,1H3. The molecule has 0 saturated carbocycles. The van der Waals surface area contributed by atoms with Crippen molar-refractivity contribution >= 4 is 11.6 Å². The molecule has 1 aliphatic carbocycles. The van der Waals surface area contributed by atoms with Gasteiger partial charge >= 0.3 is 0 Å². The van der Waals surface area contributed by atoms with Crippen molar-refractivity contribution in [1.29, 1.82) is 0 Å². The number of hydrogen-bond acceptors (Lipinski definition) is 2. The minimum Gasteiger partial charge on any atom is -0.315 e. The maximum absolute atomic E-state index is 12.1. The fourth-order valence-corrected chi connectivity index (χ4v) is 3.36. The molecule has 1 N–H and O–H groups in total. The molecule has 21 heavy (non-hydrogen) atoms. The summed E-state index contributed by atoms with van der Waals surface area (Å²) in [7, 11) is 1.87. The van der Waals surface area contributed by atoms with Crippen LogP contribution in [0.1, 0.15) is 50.1 Å². The maximum atomic E-state index is 12.1. The molecule has 1 unspecified atom stereocenters. The molecule has 1 aliphatic heterocycles. The van der Waals surface area contributed by atoms with Crippen molar-refractivity contribution in [3.63, 3.8) is 0 Å². The molecule has 3 nitrogen and oxygen atoms in total. The van der Waals surface area contributed by atoms with Gasteiger partial charge in [-0.3, -0.25) is 4.79 Å². The van der Waals surface area contributed by atoms with Crippen LogP contribution < -0.4 is 10.2 Å². The highest BCUT2D eigenvalue weighted by atomic mass is 16.2. The van der Waals surface area contributed by atoms with Crippen LogP contribution in [-0.4, -0.2) is 19.5 Å². The average molecular weight is 284 g/mol. The Kier molecular flexibility index (Phi) is 4.39. The van der Waals surface area contributed by atoms with Crippen molar-refractivity contribution in [1.82, 2.24) is 5.32 Å². The van der Waals surface area contributed by atoms with Gasteiger partial charge < -0.3 is 10.2 Å². The van der Waals surface area contributed by atoms with E-state index in [1.165, 1.54) is 31.2 Å². The number of nitrogens with one attached hydrogen (secondary N) is 1. The molecular weight excluding hydrogens is 260 g/mol. The lowest BCUT2D eigenvalue weighted by atomic mass is 9.95. The molecule has 3 heteroatoms. The average Bonchev–Trinajstić information content (AvgIpc) is 2.53. The fraction of sp³-hybridized carbons (Fsp3) is 0.500. The second-order valence-corrected chi connectivity index (χ2v) is 6.08. The molecule has 0 radical (unpaired) electrons. The Morgan fingerprint density at radius 3 is 2.95 bits per heavy atom. The number of allylic oxidation sites excluding steroid dienone is 1. The van der Waals surface area contributed by atoms with Gasteiger partial charge in [0.1, 0.15) is 0 Å². The molecule has 1 aromatic rings. The molecule has 1 atom stereocenters. The number of anilines is 1. The summed E-state index contributed by atoms with van der Waals surface area (Å²) < 4.78 is 0. The van der Waals surface area contributed by atoms with E-state index in [0.29, 0.717) is 6.42 Å². The first kappa shape index (κ1) is 14.3. The fourth-order valence-electron chi connectivity index (χ4n) is 3.36. The van der Waals surface area contributed by atoms with Gasteiger partial charge in [0.25, 0.3) is 0 Å². The Balaban J connectivity index is 1.64. The van der Waals surface area contributed by atoms with Gasteiger partial charge in [-0.1, -0.05) is 29.8 Å². The highest BCUT2D eigenvalue weighted by Gasteiger charge is 2.28. The molecule has 0 aromatic heterocycles. The third kappa shape index (κ3) is 3.18. The summed E-state index contributed by atoms with van der Waals surface area (Å²) >= 11 is 0. The predicted octanol–water partition coefficient (Wildman–Crippen LogP) is 3.57. The Labute approximate surface area is 127 Å². The number of carbonyl (C=O) groups is 1. The number of amides is 1. The van der Waals surface area contributed by atoms with Gasteiger partial charge in [0.2, 0.25) is 5.91 Å². The van der Waals surface area contributed by atoms with Crippen LogP contribution in [0.5, 0.6) is 0 Å². The minimum atomic E-state index is 0.161. The summed E-state index contributed by atoms with van der Waals surface area (Å²) in [6.45, 7) is 0.960. The molecule has 0 bridgehead atoms. The van der Waals surface area contributed by atoms with E-state index in [1.807, 2.05) is 19.2 Å². The lowest BCUT2D eigenvalue weighted by molar-refractivity contribution is -0.119. The third-order valence-electron chi connectivity index (χ3n) is 4.65. The summed E-state index contributed by atoms with van der Waals surface area (Å²) in [4.78, 5) is 13.9. The van der Waals surface area contributed by atoms with E-state index < -0.39 is 0 Å². The largest absolute Gasteiger partial charge is 0.315 e. The number of para-hydroxylation sites is 1. The van der Waals surface area contributed by atoms with E-state index in [2.05, 4.69) is 23.5 Å². The predicted molar refractivity (Wildman–Crippen MR) is 86.4 cm³/mol. The molecule has 1 aromatic carbocycles. The number of nitrogens with zero attached hydrogens (tertiary/aromatic N) is 1. The second-order valence-electron chi connectivity index (χ2n) is 6.08. The van der Waals surface area contributed by atoms with Crippen LogP contribution in [0.25, 0.3) is 0 Å². The highest BCUT2D eigenvalue weighted by molar-refractivity contribution is 5.96. The number of benzene rings is 1. The van der Waals surface area contributed by atoms with E-state index in [9.17, 15) is 4.79 Å². The zero-order valence-electron chi connectivity index (χ0n) is 12.8. The van der Waals surface area contributed by atoms with Crippen LogP contribution in [0.3, 0.4) is 0 Å². The zero-order chi connectivity index (χ0) is 14.7. The second kappa shape index (κ2) is 6.44. The van der Waals surface area contributed by atoms with Gasteiger partial charge in [0.15, 0.2) is 0 Å². The number of fused-ring (bicyclic) bond motifs is 1. The molecule has 0 spiro atoms. The number of hydrogen-bond donors (Lipinski definition) is 1. The highest BCUT2D eigenvalue weighted by Crippen LogP contribution is 2.33. The van der Waals surface area contributed by atoms with Crippen LogP contribution in [0.2, 0.25) is 0 Å². The van der Waals surface area contributed by atoms with Gasteiger partial charge in [-0.15, -0.1) is 0 Å². The number of rotatable bonds is 4. The molecule has 0 fully saturated rings. The zero-order valence-corrected chi connectivity index (χ0v) is 12.8. The van der Waals surface area contributed by atoms with E-state index in [1.54, 1.807) is 10.5 Å². The molecule has 1 heterocycles. The molecule has 112 valence electrons. The van der Waals surface area contributed by atoms with E-state index in [4.69, 9.17) is 0 Å². The molecule has 2 aliphatic rings. The minimum absolute atomic E-state index is 0.161. The van der Waals surface area contributed by atoms with Gasteiger partial charge in [-0.05, 0) is 50.3 Å². The van der Waals surface area contributed by atoms with Gasteiger partial charge in [-0.25, -0.2) is 0 Å². The van der Waals surface area contributed by atoms with Crippen LogP contribution in [0, 0.1) is 0 Å². The lowest BCUT2D eigenvalue weighted by Crippen LogP contribution is -2.38. The number of carbonyl (C=O) groups excluding carboxylic acids is 1. The summed E-state index contributed by atoms with van der Waals surface area (Å²) in [6.07, 6.45) is 9.25. The Morgan fingerprint density at radius 2 is 2.14 bits per heavy atom. The summed E-state index contributed by atoms with van der Waals surface area (Å²) in [5.74, 6) is 0.197. The van der Waals surface area contributed by atoms with Crippen LogP contribution >= 0.6 is 0 Å².